The number of piperidine rings is 1. The average Bonchev–Trinajstić information content (AvgIpc) is 2.94. The molecule has 1 N–H and O–H groups in total. The SMILES string of the molecule is CCCCCCNC(=O)C1CCCN(S(=O)(=O)c2c(C)noc2C)C1. The van der Waals surface area contributed by atoms with E-state index in [1.807, 2.05) is 0 Å². The zero-order valence-electron chi connectivity index (χ0n) is 15.4. The van der Waals surface area contributed by atoms with Crippen LogP contribution in [0.5, 0.6) is 0 Å². The Morgan fingerprint density at radius 2 is 2.08 bits per heavy atom. The number of hydrogen-bond acceptors (Lipinski definition) is 5. The van der Waals surface area contributed by atoms with Crippen LogP contribution in [-0.4, -0.2) is 43.4 Å². The summed E-state index contributed by atoms with van der Waals surface area (Å²) in [4.78, 5) is 12.5. The van der Waals surface area contributed by atoms with Gasteiger partial charge in [0, 0.05) is 19.6 Å². The molecule has 0 aliphatic carbocycles. The lowest BCUT2D eigenvalue weighted by Gasteiger charge is -2.31. The molecule has 0 saturated carbocycles. The molecule has 2 heterocycles. The normalized spacial score (nSPS) is 19.1. The number of nitrogens with one attached hydrogen (secondary N) is 1. The second-order valence-corrected chi connectivity index (χ2v) is 8.58. The maximum Gasteiger partial charge on any atom is 0.248 e. The fourth-order valence-corrected chi connectivity index (χ4v) is 5.07. The molecule has 1 aromatic heterocycles. The highest BCUT2D eigenvalue weighted by Gasteiger charge is 2.36. The number of aryl methyl sites for hydroxylation is 2. The van der Waals surface area contributed by atoms with Crippen molar-refractivity contribution in [1.82, 2.24) is 14.8 Å². The smallest absolute Gasteiger partial charge is 0.248 e. The maximum absolute atomic E-state index is 12.9. The van der Waals surface area contributed by atoms with Crippen LogP contribution in [0.2, 0.25) is 0 Å². The summed E-state index contributed by atoms with van der Waals surface area (Å²) in [5.74, 6) is -0.0506. The first-order valence-corrected chi connectivity index (χ1v) is 10.5. The van der Waals surface area contributed by atoms with Crippen LogP contribution in [-0.2, 0) is 14.8 Å². The van der Waals surface area contributed by atoms with Gasteiger partial charge in [0.2, 0.25) is 15.9 Å². The van der Waals surface area contributed by atoms with E-state index in [1.165, 1.54) is 10.7 Å². The minimum Gasteiger partial charge on any atom is -0.360 e. The van der Waals surface area contributed by atoms with Gasteiger partial charge in [-0.1, -0.05) is 31.3 Å². The molecule has 1 aliphatic heterocycles. The van der Waals surface area contributed by atoms with Gasteiger partial charge in [0.05, 0.1) is 5.92 Å². The highest BCUT2D eigenvalue weighted by atomic mass is 32.2. The number of sulfonamides is 1. The third-order valence-electron chi connectivity index (χ3n) is 4.65. The molecule has 0 bridgehead atoms. The number of unbranched alkanes of at least 4 members (excludes halogenated alkanes) is 3. The predicted molar refractivity (Wildman–Crippen MR) is 94.6 cm³/mol. The quantitative estimate of drug-likeness (QED) is 0.708. The summed E-state index contributed by atoms with van der Waals surface area (Å²) in [6.45, 7) is 6.66. The van der Waals surface area contributed by atoms with Gasteiger partial charge in [-0.2, -0.15) is 4.31 Å². The maximum atomic E-state index is 12.9. The zero-order chi connectivity index (χ0) is 18.4. The van der Waals surface area contributed by atoms with Gasteiger partial charge in [-0.25, -0.2) is 8.42 Å². The lowest BCUT2D eigenvalue weighted by Crippen LogP contribution is -2.45. The Kier molecular flexibility index (Phi) is 7.01. The molecule has 1 aromatic rings. The van der Waals surface area contributed by atoms with Crippen molar-refractivity contribution in [2.45, 2.75) is 64.2 Å². The van der Waals surface area contributed by atoms with Crippen LogP contribution in [0, 0.1) is 19.8 Å². The van der Waals surface area contributed by atoms with Crippen LogP contribution in [0.4, 0.5) is 0 Å². The van der Waals surface area contributed by atoms with Gasteiger partial charge < -0.3 is 9.84 Å². The van der Waals surface area contributed by atoms with Crippen LogP contribution < -0.4 is 5.32 Å². The predicted octanol–water partition coefficient (Wildman–Crippen LogP) is 2.39. The van der Waals surface area contributed by atoms with Crippen LogP contribution in [0.25, 0.3) is 0 Å². The summed E-state index contributed by atoms with van der Waals surface area (Å²) in [6, 6.07) is 0. The van der Waals surface area contributed by atoms with E-state index in [1.54, 1.807) is 13.8 Å². The van der Waals surface area contributed by atoms with Crippen LogP contribution in [0.15, 0.2) is 9.42 Å². The van der Waals surface area contributed by atoms with Crippen molar-refractivity contribution in [1.29, 1.82) is 0 Å². The molecular formula is C17H29N3O4S. The molecule has 142 valence electrons. The minimum absolute atomic E-state index is 0.0461. The lowest BCUT2D eigenvalue weighted by atomic mass is 9.99. The Hall–Kier alpha value is -1.41. The first-order chi connectivity index (χ1) is 11.9. The van der Waals surface area contributed by atoms with Crippen molar-refractivity contribution in [2.24, 2.45) is 5.92 Å². The van der Waals surface area contributed by atoms with E-state index in [0.29, 0.717) is 37.4 Å². The molecule has 1 atom stereocenters. The average molecular weight is 372 g/mol. The molecule has 25 heavy (non-hydrogen) atoms. The number of aromatic nitrogens is 1. The fraction of sp³-hybridized carbons (Fsp3) is 0.765. The highest BCUT2D eigenvalue weighted by Crippen LogP contribution is 2.27. The number of hydrogen-bond donors (Lipinski definition) is 1. The molecule has 1 saturated heterocycles. The van der Waals surface area contributed by atoms with Gasteiger partial charge in [-0.15, -0.1) is 0 Å². The van der Waals surface area contributed by atoms with Crippen molar-refractivity contribution in [3.8, 4) is 0 Å². The Balaban J connectivity index is 1.97. The number of rotatable bonds is 8. The molecule has 8 heteroatoms. The van der Waals surface area contributed by atoms with Gasteiger partial charge in [0.1, 0.15) is 10.6 Å². The Morgan fingerprint density at radius 1 is 1.32 bits per heavy atom. The van der Waals surface area contributed by atoms with E-state index in [2.05, 4.69) is 17.4 Å². The summed E-state index contributed by atoms with van der Waals surface area (Å²) < 4.78 is 32.2. The van der Waals surface area contributed by atoms with E-state index < -0.39 is 10.0 Å². The molecular weight excluding hydrogens is 342 g/mol. The summed E-state index contributed by atoms with van der Waals surface area (Å²) in [5.41, 5.74) is 0.361. The number of carbonyl (C=O) groups is 1. The molecule has 0 aromatic carbocycles. The van der Waals surface area contributed by atoms with E-state index in [-0.39, 0.29) is 23.3 Å². The third kappa shape index (κ3) is 4.82. The second kappa shape index (κ2) is 8.80. The van der Waals surface area contributed by atoms with Crippen molar-refractivity contribution in [2.75, 3.05) is 19.6 Å². The van der Waals surface area contributed by atoms with E-state index in [9.17, 15) is 13.2 Å². The standard InChI is InChI=1S/C17H29N3O4S/c1-4-5-6-7-10-18-17(21)15-9-8-11-20(12-15)25(22,23)16-13(2)19-24-14(16)3/h15H,4-12H2,1-3H3,(H,18,21). The molecule has 1 fully saturated rings. The first kappa shape index (κ1) is 19.9. The topological polar surface area (TPSA) is 92.5 Å². The van der Waals surface area contributed by atoms with Gasteiger partial charge in [0.15, 0.2) is 5.76 Å². The van der Waals surface area contributed by atoms with Crippen molar-refractivity contribution in [3.63, 3.8) is 0 Å². The Labute approximate surface area is 150 Å². The van der Waals surface area contributed by atoms with Crippen molar-refractivity contribution in [3.05, 3.63) is 11.5 Å². The van der Waals surface area contributed by atoms with E-state index >= 15 is 0 Å². The van der Waals surface area contributed by atoms with Crippen molar-refractivity contribution >= 4 is 15.9 Å². The molecule has 1 unspecified atom stereocenters. The number of nitrogens with zero attached hydrogens (tertiary/aromatic N) is 2. The third-order valence-corrected chi connectivity index (χ3v) is 6.76. The monoisotopic (exact) mass is 371 g/mol. The summed E-state index contributed by atoms with van der Waals surface area (Å²) in [6.07, 6.45) is 5.79. The van der Waals surface area contributed by atoms with Gasteiger partial charge in [-0.05, 0) is 33.1 Å². The van der Waals surface area contributed by atoms with Crippen LogP contribution >= 0.6 is 0 Å². The van der Waals surface area contributed by atoms with Crippen LogP contribution in [0.3, 0.4) is 0 Å². The van der Waals surface area contributed by atoms with Gasteiger partial charge in [0.25, 0.3) is 0 Å². The minimum atomic E-state index is -3.68. The van der Waals surface area contributed by atoms with Gasteiger partial charge in [-0.3, -0.25) is 4.79 Å². The fourth-order valence-electron chi connectivity index (χ4n) is 3.25. The van der Waals surface area contributed by atoms with E-state index in [4.69, 9.17) is 4.52 Å². The Bertz CT molecular complexity index is 665. The zero-order valence-corrected chi connectivity index (χ0v) is 16.2. The molecule has 1 aliphatic rings. The highest BCUT2D eigenvalue weighted by molar-refractivity contribution is 7.89. The molecule has 0 radical (unpaired) electrons. The molecule has 0 spiro atoms. The van der Waals surface area contributed by atoms with E-state index in [0.717, 1.165) is 19.3 Å². The molecule has 7 nitrogen and oxygen atoms in total. The number of carbonyl (C=O) groups excluding carboxylic acids is 1. The van der Waals surface area contributed by atoms with Crippen LogP contribution in [0.1, 0.15) is 56.9 Å². The summed E-state index contributed by atoms with van der Waals surface area (Å²) >= 11 is 0. The largest absolute Gasteiger partial charge is 0.360 e. The molecule has 1 amide bonds. The second-order valence-electron chi connectivity index (χ2n) is 6.71. The first-order valence-electron chi connectivity index (χ1n) is 9.08. The van der Waals surface area contributed by atoms with Gasteiger partial charge >= 0.3 is 0 Å². The Morgan fingerprint density at radius 3 is 2.72 bits per heavy atom. The summed E-state index contributed by atoms with van der Waals surface area (Å²) in [5, 5.41) is 6.69. The number of amides is 1. The van der Waals surface area contributed by atoms with Crippen molar-refractivity contribution < 1.29 is 17.7 Å². The summed E-state index contributed by atoms with van der Waals surface area (Å²) in [7, 11) is -3.68. The molecule has 2 rings (SSSR count). The lowest BCUT2D eigenvalue weighted by molar-refractivity contribution is -0.126.